The van der Waals surface area contributed by atoms with Gasteiger partial charge in [-0.2, -0.15) is 0 Å². The normalized spacial score (nSPS) is 11.5. The average molecular weight is 761 g/mol. The quantitative estimate of drug-likeness (QED) is 0.162. The molecule has 0 N–H and O–H groups in total. The van der Waals surface area contributed by atoms with Crippen LogP contribution in [0.15, 0.2) is 205 Å². The van der Waals surface area contributed by atoms with Gasteiger partial charge in [-0.3, -0.25) is 0 Å². The fourth-order valence-electron chi connectivity index (χ4n) is 8.48. The highest BCUT2D eigenvalue weighted by Crippen LogP contribution is 2.46. The maximum absolute atomic E-state index is 6.78. The van der Waals surface area contributed by atoms with Crippen molar-refractivity contribution >= 4 is 70.6 Å². The molecular formula is C54H36N2OS. The van der Waals surface area contributed by atoms with Crippen molar-refractivity contribution in [1.82, 2.24) is 4.98 Å². The lowest BCUT2D eigenvalue weighted by Gasteiger charge is -2.26. The lowest BCUT2D eigenvalue weighted by atomic mass is 9.94. The van der Waals surface area contributed by atoms with Crippen molar-refractivity contribution in [2.45, 2.75) is 6.92 Å². The number of rotatable bonds is 7. The van der Waals surface area contributed by atoms with Crippen LogP contribution in [0.1, 0.15) is 5.56 Å². The molecule has 8 aromatic carbocycles. The van der Waals surface area contributed by atoms with Crippen LogP contribution in [-0.2, 0) is 0 Å². The van der Waals surface area contributed by atoms with Gasteiger partial charge in [-0.15, -0.1) is 11.3 Å². The lowest BCUT2D eigenvalue weighted by molar-refractivity contribution is 0.669. The molecule has 11 rings (SSSR count). The molecule has 4 heteroatoms. The predicted octanol–water partition coefficient (Wildman–Crippen LogP) is 15.8. The van der Waals surface area contributed by atoms with Crippen molar-refractivity contribution in [2.24, 2.45) is 0 Å². The molecule has 3 heterocycles. The Hall–Kier alpha value is -7.27. The van der Waals surface area contributed by atoms with Crippen molar-refractivity contribution in [1.29, 1.82) is 0 Å². The smallest absolute Gasteiger partial charge is 0.137 e. The first-order valence-corrected chi connectivity index (χ1v) is 20.4. The molecule has 0 spiro atoms. The van der Waals surface area contributed by atoms with E-state index >= 15 is 0 Å². The van der Waals surface area contributed by atoms with Crippen LogP contribution < -0.4 is 4.90 Å². The van der Waals surface area contributed by atoms with E-state index in [2.05, 4.69) is 212 Å². The Morgan fingerprint density at radius 2 is 1.02 bits per heavy atom. The molecule has 0 fully saturated rings. The predicted molar refractivity (Wildman–Crippen MR) is 246 cm³/mol. The van der Waals surface area contributed by atoms with Gasteiger partial charge in [0.25, 0.3) is 0 Å². The van der Waals surface area contributed by atoms with Gasteiger partial charge in [0, 0.05) is 55.1 Å². The Balaban J connectivity index is 1.07. The Morgan fingerprint density at radius 1 is 0.466 bits per heavy atom. The van der Waals surface area contributed by atoms with Crippen LogP contribution in [0, 0.1) is 6.92 Å². The molecule has 0 aliphatic heterocycles. The van der Waals surface area contributed by atoms with E-state index in [1.807, 2.05) is 11.3 Å². The maximum Gasteiger partial charge on any atom is 0.137 e. The Morgan fingerprint density at radius 3 is 1.66 bits per heavy atom. The minimum absolute atomic E-state index is 0.828. The zero-order valence-electron chi connectivity index (χ0n) is 31.8. The molecule has 0 radical (unpaired) electrons. The molecule has 0 saturated carbocycles. The Labute approximate surface area is 340 Å². The minimum atomic E-state index is 0.828. The van der Waals surface area contributed by atoms with Crippen LogP contribution in [0.5, 0.6) is 0 Å². The highest BCUT2D eigenvalue weighted by molar-refractivity contribution is 7.26. The van der Waals surface area contributed by atoms with Gasteiger partial charge in [-0.1, -0.05) is 146 Å². The highest BCUT2D eigenvalue weighted by atomic mass is 32.1. The van der Waals surface area contributed by atoms with Gasteiger partial charge in [-0.25, -0.2) is 4.98 Å². The highest BCUT2D eigenvalue weighted by Gasteiger charge is 2.23. The summed E-state index contributed by atoms with van der Waals surface area (Å²) >= 11 is 1.82. The molecule has 0 atom stereocenters. The van der Waals surface area contributed by atoms with Gasteiger partial charge in [0.15, 0.2) is 0 Å². The first-order valence-electron chi connectivity index (χ1n) is 19.6. The summed E-state index contributed by atoms with van der Waals surface area (Å²) in [4.78, 5) is 7.81. The summed E-state index contributed by atoms with van der Waals surface area (Å²) in [7, 11) is 0. The second-order valence-electron chi connectivity index (χ2n) is 14.7. The number of anilines is 3. The number of hydrogen-bond acceptors (Lipinski definition) is 4. The fraction of sp³-hybridized carbons (Fsp3) is 0.0185. The van der Waals surface area contributed by atoms with E-state index in [0.717, 1.165) is 61.3 Å². The molecule has 58 heavy (non-hydrogen) atoms. The fourth-order valence-corrected chi connectivity index (χ4v) is 9.74. The van der Waals surface area contributed by atoms with Gasteiger partial charge < -0.3 is 9.32 Å². The first kappa shape index (κ1) is 34.0. The molecule has 0 bridgehead atoms. The summed E-state index contributed by atoms with van der Waals surface area (Å²) < 4.78 is 9.24. The number of hydrogen-bond donors (Lipinski definition) is 0. The van der Waals surface area contributed by atoms with E-state index in [0.29, 0.717) is 0 Å². The third-order valence-electron chi connectivity index (χ3n) is 11.3. The maximum atomic E-state index is 6.78. The number of benzene rings is 8. The number of thiophene rings is 1. The number of furan rings is 1. The summed E-state index contributed by atoms with van der Waals surface area (Å²) in [6.45, 7) is 2.22. The standard InChI is InChI=1S/C54H36N2OS/c1-35-50(40-18-9-4-10-19-40)54-53(45-20-11-12-23-49(45)58-54)55-52(35)46-21-13-22-47-51(46)44-33-32-43(34-48(44)57-47)56(41-28-24-38(25-29-41)36-14-5-2-6-15-36)42-30-26-39(27-31-42)37-16-7-3-8-17-37/h2-34H,1H3. The Bertz CT molecular complexity index is 3180. The molecule has 0 amide bonds. The molecule has 0 saturated heterocycles. The van der Waals surface area contributed by atoms with Crippen molar-refractivity contribution in [3.05, 3.63) is 206 Å². The molecule has 0 aliphatic carbocycles. The Kier molecular flexibility index (Phi) is 8.23. The van der Waals surface area contributed by atoms with Gasteiger partial charge in [0.1, 0.15) is 11.2 Å². The summed E-state index contributed by atoms with van der Waals surface area (Å²) in [6.07, 6.45) is 0. The van der Waals surface area contributed by atoms with Gasteiger partial charge in [0.05, 0.1) is 15.9 Å². The van der Waals surface area contributed by atoms with Crippen LogP contribution in [0.2, 0.25) is 0 Å². The number of fused-ring (bicyclic) bond motifs is 6. The van der Waals surface area contributed by atoms with E-state index < -0.39 is 0 Å². The zero-order valence-corrected chi connectivity index (χ0v) is 32.6. The molecule has 274 valence electrons. The number of nitrogens with zero attached hydrogens (tertiary/aromatic N) is 2. The van der Waals surface area contributed by atoms with Gasteiger partial charge in [0.2, 0.25) is 0 Å². The summed E-state index contributed by atoms with van der Waals surface area (Å²) in [5, 5.41) is 3.32. The number of aromatic nitrogens is 1. The molecular weight excluding hydrogens is 725 g/mol. The van der Waals surface area contributed by atoms with E-state index in [1.54, 1.807) is 0 Å². The molecule has 11 aromatic rings. The largest absolute Gasteiger partial charge is 0.456 e. The minimum Gasteiger partial charge on any atom is -0.456 e. The summed E-state index contributed by atoms with van der Waals surface area (Å²) in [5.74, 6) is 0. The summed E-state index contributed by atoms with van der Waals surface area (Å²) in [5.41, 5.74) is 16.2. The van der Waals surface area contributed by atoms with Crippen molar-refractivity contribution in [3.8, 4) is 44.6 Å². The lowest BCUT2D eigenvalue weighted by Crippen LogP contribution is -2.09. The number of pyridine rings is 1. The van der Waals surface area contributed by atoms with Crippen molar-refractivity contribution in [2.75, 3.05) is 4.90 Å². The molecule has 3 aromatic heterocycles. The second kappa shape index (κ2) is 14.0. The van der Waals surface area contributed by atoms with Crippen LogP contribution in [0.4, 0.5) is 17.1 Å². The molecule has 0 aliphatic rings. The van der Waals surface area contributed by atoms with Crippen molar-refractivity contribution in [3.63, 3.8) is 0 Å². The van der Waals surface area contributed by atoms with E-state index in [-0.39, 0.29) is 0 Å². The van der Waals surface area contributed by atoms with E-state index in [4.69, 9.17) is 9.40 Å². The molecule has 0 unspecified atom stereocenters. The molecule has 3 nitrogen and oxygen atoms in total. The van der Waals surface area contributed by atoms with Gasteiger partial charge in [-0.05, 0) is 88.8 Å². The van der Waals surface area contributed by atoms with Crippen LogP contribution in [-0.4, -0.2) is 4.98 Å². The summed E-state index contributed by atoms with van der Waals surface area (Å²) in [6, 6.07) is 71.0. The van der Waals surface area contributed by atoms with Gasteiger partial charge >= 0.3 is 0 Å². The van der Waals surface area contributed by atoms with E-state index in [1.165, 1.54) is 48.2 Å². The average Bonchev–Trinajstić information content (AvgIpc) is 3.85. The topological polar surface area (TPSA) is 29.3 Å². The van der Waals surface area contributed by atoms with Crippen LogP contribution in [0.3, 0.4) is 0 Å². The van der Waals surface area contributed by atoms with E-state index in [9.17, 15) is 0 Å². The van der Waals surface area contributed by atoms with Crippen molar-refractivity contribution < 1.29 is 4.42 Å². The third kappa shape index (κ3) is 5.77. The SMILES string of the molecule is Cc1c(-c2cccc3oc4cc(N(c5ccc(-c6ccccc6)cc5)c5ccc(-c6ccccc6)cc5)ccc4c23)nc2c(sc3ccccc32)c1-c1ccccc1. The monoisotopic (exact) mass is 760 g/mol. The second-order valence-corrected chi connectivity index (χ2v) is 15.8. The first-order chi connectivity index (χ1) is 28.7. The zero-order chi connectivity index (χ0) is 38.6. The third-order valence-corrected chi connectivity index (χ3v) is 12.4. The van der Waals surface area contributed by atoms with Crippen LogP contribution >= 0.6 is 11.3 Å². The van der Waals surface area contributed by atoms with Crippen LogP contribution in [0.25, 0.3) is 86.9 Å².